The first-order chi connectivity index (χ1) is 10.5. The molecule has 3 nitrogen and oxygen atoms in total. The van der Waals surface area contributed by atoms with Gasteiger partial charge in [-0.2, -0.15) is 0 Å². The fourth-order valence-electron chi connectivity index (χ4n) is 3.08. The van der Waals surface area contributed by atoms with Crippen molar-refractivity contribution >= 4 is 16.9 Å². The van der Waals surface area contributed by atoms with Gasteiger partial charge in [0.25, 0.3) is 0 Å². The molecule has 0 fully saturated rings. The Hall–Kier alpha value is -2.55. The normalized spacial score (nSPS) is 11.0. The molecule has 0 aliphatic heterocycles. The van der Waals surface area contributed by atoms with Crippen molar-refractivity contribution in [3.05, 3.63) is 70.4 Å². The second kappa shape index (κ2) is 5.34. The van der Waals surface area contributed by atoms with Crippen LogP contribution < -0.4 is 0 Å². The lowest BCUT2D eigenvalue weighted by Gasteiger charge is -2.13. The number of fused-ring (bicyclic) bond motifs is 1. The summed E-state index contributed by atoms with van der Waals surface area (Å²) in [6, 6.07) is 11.7. The third-order valence-corrected chi connectivity index (χ3v) is 4.19. The Kier molecular flexibility index (Phi) is 3.49. The van der Waals surface area contributed by atoms with Crippen LogP contribution in [0, 0.1) is 20.8 Å². The number of rotatable bonds is 3. The summed E-state index contributed by atoms with van der Waals surface area (Å²) in [5.41, 5.74) is 6.39. The number of aromatic nitrogens is 1. The lowest BCUT2D eigenvalue weighted by atomic mass is 10.00. The number of carbonyl (C=O) groups is 1. The Balaban J connectivity index is 2.08. The summed E-state index contributed by atoms with van der Waals surface area (Å²) in [7, 11) is 0. The van der Waals surface area contributed by atoms with E-state index in [0.717, 1.165) is 17.4 Å². The van der Waals surface area contributed by atoms with Crippen LogP contribution in [0.15, 0.2) is 42.6 Å². The van der Waals surface area contributed by atoms with Crippen LogP contribution in [-0.4, -0.2) is 15.6 Å². The van der Waals surface area contributed by atoms with E-state index in [-0.39, 0.29) is 0 Å². The third-order valence-electron chi connectivity index (χ3n) is 4.19. The van der Waals surface area contributed by atoms with Crippen molar-refractivity contribution in [3.63, 3.8) is 0 Å². The number of hydrogen-bond donors (Lipinski definition) is 1. The van der Waals surface area contributed by atoms with Gasteiger partial charge in [0.1, 0.15) is 0 Å². The molecule has 0 radical (unpaired) electrons. The first-order valence-corrected chi connectivity index (χ1v) is 7.34. The molecule has 0 amide bonds. The standard InChI is InChI=1S/C19H19NO2/c1-12-8-13(2)17(14(3)9-12)11-20-7-6-15-4-5-16(19(21)22)10-18(15)20/h4-10H,11H2,1-3H3,(H,21,22). The van der Waals surface area contributed by atoms with Crippen molar-refractivity contribution in [3.8, 4) is 0 Å². The smallest absolute Gasteiger partial charge is 0.335 e. The second-order valence-corrected chi connectivity index (χ2v) is 5.90. The Labute approximate surface area is 129 Å². The highest BCUT2D eigenvalue weighted by Gasteiger charge is 2.09. The molecule has 0 aliphatic carbocycles. The molecule has 3 rings (SSSR count). The van der Waals surface area contributed by atoms with E-state index in [1.807, 2.05) is 18.3 Å². The fourth-order valence-corrected chi connectivity index (χ4v) is 3.08. The van der Waals surface area contributed by atoms with Crippen LogP contribution in [0.3, 0.4) is 0 Å². The summed E-state index contributed by atoms with van der Waals surface area (Å²) in [5, 5.41) is 10.2. The molecule has 1 aromatic heterocycles. The van der Waals surface area contributed by atoms with Gasteiger partial charge in [-0.1, -0.05) is 23.8 Å². The Bertz CT molecular complexity index is 851. The molecule has 1 N–H and O–H groups in total. The summed E-state index contributed by atoms with van der Waals surface area (Å²) in [5.74, 6) is -0.891. The van der Waals surface area contributed by atoms with Crippen LogP contribution in [-0.2, 0) is 6.54 Å². The van der Waals surface area contributed by atoms with Gasteiger partial charge >= 0.3 is 5.97 Å². The molecule has 3 heteroatoms. The molecule has 0 atom stereocenters. The van der Waals surface area contributed by atoms with Gasteiger partial charge in [0, 0.05) is 18.3 Å². The number of carboxylic acid groups (broad SMARTS) is 1. The molecule has 0 saturated heterocycles. The maximum Gasteiger partial charge on any atom is 0.335 e. The summed E-state index contributed by atoms with van der Waals surface area (Å²) in [4.78, 5) is 11.2. The molecule has 112 valence electrons. The zero-order valence-corrected chi connectivity index (χ0v) is 13.1. The topological polar surface area (TPSA) is 42.2 Å². The number of nitrogens with zero attached hydrogens (tertiary/aromatic N) is 1. The maximum absolute atomic E-state index is 11.2. The highest BCUT2D eigenvalue weighted by Crippen LogP contribution is 2.22. The van der Waals surface area contributed by atoms with Crippen molar-refractivity contribution in [1.82, 2.24) is 4.57 Å². The number of aromatic carboxylic acids is 1. The molecule has 0 unspecified atom stereocenters. The molecule has 0 aliphatic rings. The molecule has 22 heavy (non-hydrogen) atoms. The van der Waals surface area contributed by atoms with Gasteiger partial charge in [0.15, 0.2) is 0 Å². The zero-order chi connectivity index (χ0) is 15.9. The molecule has 0 bridgehead atoms. The molecule has 3 aromatic rings. The number of hydrogen-bond acceptors (Lipinski definition) is 1. The first kappa shape index (κ1) is 14.4. The SMILES string of the molecule is Cc1cc(C)c(Cn2ccc3ccc(C(=O)O)cc32)c(C)c1. The second-order valence-electron chi connectivity index (χ2n) is 5.90. The van der Waals surface area contributed by atoms with Crippen LogP contribution in [0.1, 0.15) is 32.6 Å². The predicted molar refractivity (Wildman–Crippen MR) is 88.7 cm³/mol. The van der Waals surface area contributed by atoms with E-state index in [0.29, 0.717) is 5.56 Å². The highest BCUT2D eigenvalue weighted by atomic mass is 16.4. The maximum atomic E-state index is 11.2. The van der Waals surface area contributed by atoms with Crippen LogP contribution in [0.2, 0.25) is 0 Å². The summed E-state index contributed by atoms with van der Waals surface area (Å²) in [6.45, 7) is 7.12. The number of carboxylic acids is 1. The minimum Gasteiger partial charge on any atom is -0.478 e. The van der Waals surface area contributed by atoms with Gasteiger partial charge in [0.2, 0.25) is 0 Å². The lowest BCUT2D eigenvalue weighted by Crippen LogP contribution is -2.04. The van der Waals surface area contributed by atoms with Crippen LogP contribution in [0.4, 0.5) is 0 Å². The summed E-state index contributed by atoms with van der Waals surface area (Å²) in [6.07, 6.45) is 2.02. The van der Waals surface area contributed by atoms with Gasteiger partial charge in [0.05, 0.1) is 5.56 Å². The van der Waals surface area contributed by atoms with E-state index in [1.54, 1.807) is 12.1 Å². The van der Waals surface area contributed by atoms with E-state index >= 15 is 0 Å². The lowest BCUT2D eigenvalue weighted by molar-refractivity contribution is 0.0697. The quantitative estimate of drug-likeness (QED) is 0.781. The third kappa shape index (κ3) is 2.50. The average molecular weight is 293 g/mol. The molecule has 2 aromatic carbocycles. The molecular weight excluding hydrogens is 274 g/mol. The monoisotopic (exact) mass is 293 g/mol. The fraction of sp³-hybridized carbons (Fsp3) is 0.211. The van der Waals surface area contributed by atoms with Gasteiger partial charge in [-0.15, -0.1) is 0 Å². The molecule has 0 spiro atoms. The molecular formula is C19H19NO2. The largest absolute Gasteiger partial charge is 0.478 e. The van der Waals surface area contributed by atoms with E-state index in [4.69, 9.17) is 0 Å². The Morgan fingerprint density at radius 2 is 1.73 bits per heavy atom. The van der Waals surface area contributed by atoms with E-state index in [2.05, 4.69) is 37.5 Å². The zero-order valence-electron chi connectivity index (χ0n) is 13.1. The van der Waals surface area contributed by atoms with E-state index < -0.39 is 5.97 Å². The minimum atomic E-state index is -0.891. The first-order valence-electron chi connectivity index (χ1n) is 7.34. The van der Waals surface area contributed by atoms with Crippen LogP contribution in [0.25, 0.3) is 10.9 Å². The predicted octanol–water partition coefficient (Wildman–Crippen LogP) is 4.31. The Morgan fingerprint density at radius 3 is 2.36 bits per heavy atom. The summed E-state index contributed by atoms with van der Waals surface area (Å²) >= 11 is 0. The molecule has 0 saturated carbocycles. The Morgan fingerprint density at radius 1 is 1.05 bits per heavy atom. The van der Waals surface area contributed by atoms with E-state index in [9.17, 15) is 9.90 Å². The van der Waals surface area contributed by atoms with Crippen LogP contribution >= 0.6 is 0 Å². The van der Waals surface area contributed by atoms with Crippen molar-refractivity contribution in [2.75, 3.05) is 0 Å². The number of aryl methyl sites for hydroxylation is 3. The van der Waals surface area contributed by atoms with Crippen molar-refractivity contribution in [1.29, 1.82) is 0 Å². The van der Waals surface area contributed by atoms with Gasteiger partial charge in [-0.25, -0.2) is 4.79 Å². The van der Waals surface area contributed by atoms with Crippen LogP contribution in [0.5, 0.6) is 0 Å². The summed E-state index contributed by atoms with van der Waals surface area (Å²) < 4.78 is 2.12. The van der Waals surface area contributed by atoms with E-state index in [1.165, 1.54) is 22.3 Å². The van der Waals surface area contributed by atoms with Gasteiger partial charge in [-0.05, 0) is 61.0 Å². The van der Waals surface area contributed by atoms with Crippen molar-refractivity contribution < 1.29 is 9.90 Å². The minimum absolute atomic E-state index is 0.324. The van der Waals surface area contributed by atoms with Gasteiger partial charge < -0.3 is 9.67 Å². The highest BCUT2D eigenvalue weighted by molar-refractivity contribution is 5.93. The van der Waals surface area contributed by atoms with Crippen molar-refractivity contribution in [2.24, 2.45) is 0 Å². The van der Waals surface area contributed by atoms with Crippen molar-refractivity contribution in [2.45, 2.75) is 27.3 Å². The molecule has 1 heterocycles. The van der Waals surface area contributed by atoms with Gasteiger partial charge in [-0.3, -0.25) is 0 Å². The number of benzene rings is 2. The average Bonchev–Trinajstić information content (AvgIpc) is 2.85.